The number of nitrogens with one attached hydrogen (secondary N) is 1. The molecule has 5 nitrogen and oxygen atoms in total. The van der Waals surface area contributed by atoms with Crippen molar-refractivity contribution < 1.29 is 14.3 Å². The van der Waals surface area contributed by atoms with E-state index in [4.69, 9.17) is 9.47 Å². The molecule has 92 valence electrons. The first-order valence-corrected chi connectivity index (χ1v) is 5.84. The maximum absolute atomic E-state index is 12.1. The molecule has 2 aliphatic rings. The zero-order valence-electron chi connectivity index (χ0n) is 9.94. The highest BCUT2D eigenvalue weighted by Crippen LogP contribution is 2.18. The van der Waals surface area contributed by atoms with E-state index >= 15 is 0 Å². The molecule has 16 heavy (non-hydrogen) atoms. The summed E-state index contributed by atoms with van der Waals surface area (Å²) < 4.78 is 10.6. The average Bonchev–Trinajstić information content (AvgIpc) is 2.96. The van der Waals surface area contributed by atoms with Gasteiger partial charge in [0.2, 0.25) is 5.91 Å². The van der Waals surface area contributed by atoms with E-state index in [0.29, 0.717) is 13.1 Å². The van der Waals surface area contributed by atoms with Crippen molar-refractivity contribution in [2.45, 2.75) is 31.1 Å². The van der Waals surface area contributed by atoms with Gasteiger partial charge in [-0.3, -0.25) is 4.79 Å². The lowest BCUT2D eigenvalue weighted by Gasteiger charge is -2.20. The normalized spacial score (nSPS) is 34.6. The van der Waals surface area contributed by atoms with Crippen LogP contribution in [-0.4, -0.2) is 62.9 Å². The number of nitrogens with zero attached hydrogens (tertiary/aromatic N) is 1. The number of carbonyl (C=O) groups excluding carboxylic acids is 1. The molecule has 0 aliphatic carbocycles. The molecule has 0 aromatic carbocycles. The summed E-state index contributed by atoms with van der Waals surface area (Å²) >= 11 is 0. The number of ether oxygens (including phenoxy) is 2. The summed E-state index contributed by atoms with van der Waals surface area (Å²) in [6.45, 7) is 2.24. The topological polar surface area (TPSA) is 50.8 Å². The van der Waals surface area contributed by atoms with Gasteiger partial charge in [0.1, 0.15) is 12.2 Å². The molecule has 0 spiro atoms. The number of carbonyl (C=O) groups is 1. The van der Waals surface area contributed by atoms with E-state index in [9.17, 15) is 4.79 Å². The molecule has 0 aromatic heterocycles. The molecular formula is C11H20N2O3. The predicted octanol–water partition coefficient (Wildman–Crippen LogP) is -0.389. The fraction of sp³-hybridized carbons (Fsp3) is 0.909. The van der Waals surface area contributed by atoms with E-state index in [1.165, 1.54) is 0 Å². The molecule has 3 atom stereocenters. The standard InChI is InChI=1S/C11H20N2O3/c1-15-9-6-13(7-10(9)16-2)11(14)8-4-3-5-12-8/h8-10,12H,3-7H2,1-2H3/t8-,9+,10+/m0/s1. The molecule has 2 fully saturated rings. The minimum atomic E-state index is 0.00751. The summed E-state index contributed by atoms with van der Waals surface area (Å²) in [4.78, 5) is 14.0. The Morgan fingerprint density at radius 3 is 2.31 bits per heavy atom. The molecule has 2 aliphatic heterocycles. The van der Waals surface area contributed by atoms with Crippen LogP contribution in [0.3, 0.4) is 0 Å². The van der Waals surface area contributed by atoms with Gasteiger partial charge in [-0.2, -0.15) is 0 Å². The zero-order chi connectivity index (χ0) is 11.5. The summed E-state index contributed by atoms with van der Waals surface area (Å²) in [5.74, 6) is 0.194. The van der Waals surface area contributed by atoms with Crippen molar-refractivity contribution in [3.05, 3.63) is 0 Å². The Morgan fingerprint density at radius 2 is 1.88 bits per heavy atom. The Labute approximate surface area is 96.1 Å². The quantitative estimate of drug-likeness (QED) is 0.715. The lowest BCUT2D eigenvalue weighted by molar-refractivity contribution is -0.132. The highest BCUT2D eigenvalue weighted by molar-refractivity contribution is 5.82. The maximum atomic E-state index is 12.1. The Morgan fingerprint density at radius 1 is 1.25 bits per heavy atom. The van der Waals surface area contributed by atoms with Crippen LogP contribution in [0.1, 0.15) is 12.8 Å². The van der Waals surface area contributed by atoms with Gasteiger partial charge in [0, 0.05) is 27.3 Å². The van der Waals surface area contributed by atoms with Crippen LogP contribution in [-0.2, 0) is 14.3 Å². The van der Waals surface area contributed by atoms with Crippen molar-refractivity contribution in [2.75, 3.05) is 33.9 Å². The van der Waals surface area contributed by atoms with Gasteiger partial charge >= 0.3 is 0 Å². The number of likely N-dealkylation sites (tertiary alicyclic amines) is 1. The highest BCUT2D eigenvalue weighted by Gasteiger charge is 2.38. The van der Waals surface area contributed by atoms with Crippen LogP contribution >= 0.6 is 0 Å². The van der Waals surface area contributed by atoms with Gasteiger partial charge in [-0.15, -0.1) is 0 Å². The van der Waals surface area contributed by atoms with E-state index in [-0.39, 0.29) is 24.2 Å². The van der Waals surface area contributed by atoms with Gasteiger partial charge in [0.25, 0.3) is 0 Å². The van der Waals surface area contributed by atoms with Crippen LogP contribution in [0.4, 0.5) is 0 Å². The van der Waals surface area contributed by atoms with Crippen molar-refractivity contribution >= 4 is 5.91 Å². The number of hydrogen-bond acceptors (Lipinski definition) is 4. The minimum Gasteiger partial charge on any atom is -0.377 e. The smallest absolute Gasteiger partial charge is 0.239 e. The fourth-order valence-corrected chi connectivity index (χ4v) is 2.49. The van der Waals surface area contributed by atoms with Gasteiger partial charge in [0.15, 0.2) is 0 Å². The first-order valence-electron chi connectivity index (χ1n) is 5.84. The molecule has 1 N–H and O–H groups in total. The predicted molar refractivity (Wildman–Crippen MR) is 59.2 cm³/mol. The third-order valence-electron chi connectivity index (χ3n) is 3.49. The molecule has 2 saturated heterocycles. The summed E-state index contributed by atoms with van der Waals surface area (Å²) in [6, 6.07) is 0.00751. The Kier molecular flexibility index (Phi) is 3.78. The molecular weight excluding hydrogens is 208 g/mol. The van der Waals surface area contributed by atoms with Crippen molar-refractivity contribution in [2.24, 2.45) is 0 Å². The van der Waals surface area contributed by atoms with E-state index in [1.807, 2.05) is 4.90 Å². The summed E-state index contributed by atoms with van der Waals surface area (Å²) in [5, 5.41) is 3.23. The van der Waals surface area contributed by atoms with E-state index in [1.54, 1.807) is 14.2 Å². The van der Waals surface area contributed by atoms with Crippen molar-refractivity contribution in [3.8, 4) is 0 Å². The van der Waals surface area contributed by atoms with Crippen LogP contribution in [0.15, 0.2) is 0 Å². The molecule has 0 saturated carbocycles. The highest BCUT2D eigenvalue weighted by atomic mass is 16.5. The van der Waals surface area contributed by atoms with Gasteiger partial charge in [-0.1, -0.05) is 0 Å². The van der Waals surface area contributed by atoms with E-state index < -0.39 is 0 Å². The average molecular weight is 228 g/mol. The Hall–Kier alpha value is -0.650. The molecule has 5 heteroatoms. The second-order valence-electron chi connectivity index (χ2n) is 4.44. The van der Waals surface area contributed by atoms with E-state index in [2.05, 4.69) is 5.32 Å². The van der Waals surface area contributed by atoms with Crippen LogP contribution in [0, 0.1) is 0 Å². The third-order valence-corrected chi connectivity index (χ3v) is 3.49. The minimum absolute atomic E-state index is 0.00751. The van der Waals surface area contributed by atoms with Crippen molar-refractivity contribution in [1.82, 2.24) is 10.2 Å². The summed E-state index contributed by atoms with van der Waals surface area (Å²) in [7, 11) is 3.33. The number of hydrogen-bond donors (Lipinski definition) is 1. The van der Waals surface area contributed by atoms with Gasteiger partial charge in [-0.25, -0.2) is 0 Å². The second kappa shape index (κ2) is 5.12. The molecule has 1 amide bonds. The van der Waals surface area contributed by atoms with E-state index in [0.717, 1.165) is 19.4 Å². The monoisotopic (exact) mass is 228 g/mol. The SMILES string of the molecule is CO[C@@H]1CN(C(=O)[C@@H]2CCCN2)C[C@H]1OC. The Balaban J connectivity index is 1.93. The number of rotatable bonds is 3. The summed E-state index contributed by atoms with van der Waals surface area (Å²) in [6.07, 6.45) is 2.06. The van der Waals surface area contributed by atoms with Gasteiger partial charge < -0.3 is 19.7 Å². The third kappa shape index (κ3) is 2.21. The molecule has 0 aromatic rings. The van der Waals surface area contributed by atoms with Crippen LogP contribution in [0.25, 0.3) is 0 Å². The second-order valence-corrected chi connectivity index (χ2v) is 4.44. The first kappa shape index (κ1) is 11.8. The van der Waals surface area contributed by atoms with Crippen molar-refractivity contribution in [1.29, 1.82) is 0 Å². The molecule has 0 unspecified atom stereocenters. The lowest BCUT2D eigenvalue weighted by Crippen LogP contribution is -2.43. The summed E-state index contributed by atoms with van der Waals surface area (Å²) in [5.41, 5.74) is 0. The lowest BCUT2D eigenvalue weighted by atomic mass is 10.2. The van der Waals surface area contributed by atoms with Gasteiger partial charge in [0.05, 0.1) is 6.04 Å². The molecule has 2 heterocycles. The van der Waals surface area contributed by atoms with Crippen LogP contribution < -0.4 is 5.32 Å². The molecule has 0 bridgehead atoms. The first-order chi connectivity index (χ1) is 7.76. The van der Waals surface area contributed by atoms with Crippen molar-refractivity contribution in [3.63, 3.8) is 0 Å². The largest absolute Gasteiger partial charge is 0.377 e. The number of amides is 1. The molecule has 0 radical (unpaired) electrons. The zero-order valence-corrected chi connectivity index (χ0v) is 9.94. The van der Waals surface area contributed by atoms with Crippen LogP contribution in [0.2, 0.25) is 0 Å². The molecule has 2 rings (SSSR count). The van der Waals surface area contributed by atoms with Crippen LogP contribution in [0.5, 0.6) is 0 Å². The maximum Gasteiger partial charge on any atom is 0.239 e. The number of methoxy groups -OCH3 is 2. The fourth-order valence-electron chi connectivity index (χ4n) is 2.49. The Bertz CT molecular complexity index is 242. The van der Waals surface area contributed by atoms with Gasteiger partial charge in [-0.05, 0) is 19.4 Å².